The summed E-state index contributed by atoms with van der Waals surface area (Å²) >= 11 is 0. The molecule has 5 atom stereocenters. The van der Waals surface area contributed by atoms with Crippen molar-refractivity contribution in [3.05, 3.63) is 30.3 Å². The van der Waals surface area contributed by atoms with E-state index in [0.29, 0.717) is 5.92 Å². The Labute approximate surface area is 119 Å². The van der Waals surface area contributed by atoms with Crippen LogP contribution >= 0.6 is 0 Å². The van der Waals surface area contributed by atoms with Gasteiger partial charge in [-0.3, -0.25) is 5.32 Å². The highest BCUT2D eigenvalue weighted by Crippen LogP contribution is 2.59. The third kappa shape index (κ3) is 2.00. The number of nitrogens with one attached hydrogen (secondary N) is 1. The van der Waals surface area contributed by atoms with Crippen molar-refractivity contribution in [3.8, 4) is 0 Å². The maximum Gasteiger partial charge on any atom is 0.411 e. The number of para-hydroxylation sites is 1. The zero-order valence-electron chi connectivity index (χ0n) is 11.6. The van der Waals surface area contributed by atoms with Crippen molar-refractivity contribution in [2.24, 2.45) is 23.7 Å². The fraction of sp³-hybridized carbons (Fsp3) is 0.588. The van der Waals surface area contributed by atoms with Gasteiger partial charge in [-0.15, -0.1) is 0 Å². The normalized spacial score (nSPS) is 37.7. The van der Waals surface area contributed by atoms with E-state index in [1.54, 1.807) is 0 Å². The second-order valence-corrected chi connectivity index (χ2v) is 6.59. The Morgan fingerprint density at radius 3 is 2.70 bits per heavy atom. The third-order valence-electron chi connectivity index (χ3n) is 5.65. The van der Waals surface area contributed by atoms with E-state index in [2.05, 4.69) is 5.32 Å². The van der Waals surface area contributed by atoms with Crippen molar-refractivity contribution in [1.82, 2.24) is 0 Å². The number of rotatable bonds is 2. The molecule has 3 saturated carbocycles. The van der Waals surface area contributed by atoms with Crippen molar-refractivity contribution >= 4 is 11.8 Å². The third-order valence-corrected chi connectivity index (χ3v) is 5.65. The number of hydrogen-bond acceptors (Lipinski definition) is 2. The van der Waals surface area contributed by atoms with E-state index < -0.39 is 0 Å². The molecule has 1 aromatic carbocycles. The molecule has 20 heavy (non-hydrogen) atoms. The number of benzene rings is 1. The maximum atomic E-state index is 12.0. The van der Waals surface area contributed by atoms with Crippen molar-refractivity contribution in [3.63, 3.8) is 0 Å². The van der Waals surface area contributed by atoms with Gasteiger partial charge in [-0.25, -0.2) is 4.79 Å². The number of hydrogen-bond donors (Lipinski definition) is 1. The lowest BCUT2D eigenvalue weighted by molar-refractivity contribution is 0.0431. The van der Waals surface area contributed by atoms with Crippen LogP contribution in [0.2, 0.25) is 0 Å². The molecule has 0 radical (unpaired) electrons. The first kappa shape index (κ1) is 12.2. The Kier molecular flexibility index (Phi) is 2.94. The summed E-state index contributed by atoms with van der Waals surface area (Å²) in [4.78, 5) is 12.0. The Balaban J connectivity index is 1.37. The second-order valence-electron chi connectivity index (χ2n) is 6.59. The molecule has 0 saturated heterocycles. The molecule has 3 aliphatic rings. The number of carbonyl (C=O) groups is 1. The van der Waals surface area contributed by atoms with Crippen LogP contribution in [-0.4, -0.2) is 12.2 Å². The van der Waals surface area contributed by atoms with Crippen LogP contribution in [-0.2, 0) is 4.74 Å². The summed E-state index contributed by atoms with van der Waals surface area (Å²) in [5.41, 5.74) is 0.805. The molecule has 4 rings (SSSR count). The lowest BCUT2D eigenvalue weighted by atomic mass is 9.80. The van der Waals surface area contributed by atoms with Crippen LogP contribution in [0.4, 0.5) is 10.5 Å². The minimum Gasteiger partial charge on any atom is -0.446 e. The van der Waals surface area contributed by atoms with Gasteiger partial charge in [0.2, 0.25) is 0 Å². The Morgan fingerprint density at radius 2 is 1.85 bits per heavy atom. The average molecular weight is 271 g/mol. The van der Waals surface area contributed by atoms with Gasteiger partial charge in [-0.1, -0.05) is 24.6 Å². The van der Waals surface area contributed by atoms with Crippen molar-refractivity contribution < 1.29 is 9.53 Å². The average Bonchev–Trinajstić information content (AvgIpc) is 3.11. The van der Waals surface area contributed by atoms with E-state index >= 15 is 0 Å². The Bertz CT molecular complexity index is 501. The molecule has 0 unspecified atom stereocenters. The zero-order valence-corrected chi connectivity index (χ0v) is 11.6. The molecule has 1 aromatic rings. The summed E-state index contributed by atoms with van der Waals surface area (Å²) in [5, 5.41) is 2.83. The lowest BCUT2D eigenvalue weighted by Crippen LogP contribution is -2.33. The molecule has 3 heteroatoms. The van der Waals surface area contributed by atoms with E-state index in [-0.39, 0.29) is 12.2 Å². The van der Waals surface area contributed by atoms with Crippen molar-refractivity contribution in [1.29, 1.82) is 0 Å². The van der Waals surface area contributed by atoms with Crippen LogP contribution < -0.4 is 5.32 Å². The highest BCUT2D eigenvalue weighted by Gasteiger charge is 2.55. The smallest absolute Gasteiger partial charge is 0.411 e. The van der Waals surface area contributed by atoms with Crippen LogP contribution in [0.3, 0.4) is 0 Å². The SMILES string of the molecule is O=C(Nc1ccccc1)O[C@H]1C[C@@H]2C[C@@H]1[C@@H]1CCC[C@@H]21. The summed E-state index contributed by atoms with van der Waals surface area (Å²) in [6, 6.07) is 9.53. The van der Waals surface area contributed by atoms with E-state index in [9.17, 15) is 4.79 Å². The molecule has 3 aliphatic carbocycles. The monoisotopic (exact) mass is 271 g/mol. The zero-order chi connectivity index (χ0) is 13.5. The summed E-state index contributed by atoms with van der Waals surface area (Å²) in [6.07, 6.45) is 6.39. The number of amides is 1. The van der Waals surface area contributed by atoms with E-state index in [0.717, 1.165) is 29.9 Å². The molecular weight excluding hydrogens is 250 g/mol. The predicted octanol–water partition coefficient (Wildman–Crippen LogP) is 4.06. The Hall–Kier alpha value is -1.51. The van der Waals surface area contributed by atoms with Crippen LogP contribution in [0.5, 0.6) is 0 Å². The number of ether oxygens (including phenoxy) is 1. The minimum atomic E-state index is -0.289. The first-order valence-electron chi connectivity index (χ1n) is 7.84. The highest BCUT2D eigenvalue weighted by molar-refractivity contribution is 5.84. The predicted molar refractivity (Wildman–Crippen MR) is 77.4 cm³/mol. The molecule has 106 valence electrons. The first-order valence-corrected chi connectivity index (χ1v) is 7.84. The van der Waals surface area contributed by atoms with Gasteiger partial charge in [0.25, 0.3) is 0 Å². The molecule has 1 amide bonds. The summed E-state index contributed by atoms with van der Waals surface area (Å²) in [6.45, 7) is 0. The van der Waals surface area contributed by atoms with Crippen molar-refractivity contribution in [2.75, 3.05) is 5.32 Å². The fourth-order valence-corrected chi connectivity index (χ4v) is 4.95. The molecule has 0 aliphatic heterocycles. The molecule has 1 N–H and O–H groups in total. The van der Waals surface area contributed by atoms with E-state index in [4.69, 9.17) is 4.74 Å². The molecule has 0 spiro atoms. The quantitative estimate of drug-likeness (QED) is 0.881. The molecule has 2 bridgehead atoms. The number of carbonyl (C=O) groups excluding carboxylic acids is 1. The van der Waals surface area contributed by atoms with Gasteiger partial charge in [-0.2, -0.15) is 0 Å². The van der Waals surface area contributed by atoms with Gasteiger partial charge in [0.1, 0.15) is 6.10 Å². The van der Waals surface area contributed by atoms with E-state index in [1.165, 1.54) is 25.7 Å². The van der Waals surface area contributed by atoms with Crippen LogP contribution in [0.25, 0.3) is 0 Å². The van der Waals surface area contributed by atoms with E-state index in [1.807, 2.05) is 30.3 Å². The molecule has 0 heterocycles. The minimum absolute atomic E-state index is 0.156. The van der Waals surface area contributed by atoms with Gasteiger partial charge in [-0.05, 0) is 61.5 Å². The fourth-order valence-electron chi connectivity index (χ4n) is 4.95. The van der Waals surface area contributed by atoms with Gasteiger partial charge in [0.05, 0.1) is 0 Å². The highest BCUT2D eigenvalue weighted by atomic mass is 16.6. The molecule has 3 fully saturated rings. The summed E-state index contributed by atoms with van der Waals surface area (Å²) < 4.78 is 5.71. The lowest BCUT2D eigenvalue weighted by Gasteiger charge is -2.31. The Morgan fingerprint density at radius 1 is 1.05 bits per heavy atom. The van der Waals surface area contributed by atoms with Crippen LogP contribution in [0.1, 0.15) is 32.1 Å². The summed E-state index contributed by atoms with van der Waals surface area (Å²) in [5.74, 6) is 3.23. The van der Waals surface area contributed by atoms with Gasteiger partial charge in [0, 0.05) is 5.69 Å². The number of fused-ring (bicyclic) bond motifs is 5. The maximum absolute atomic E-state index is 12.0. The second kappa shape index (κ2) is 4.80. The van der Waals surface area contributed by atoms with Gasteiger partial charge >= 0.3 is 6.09 Å². The first-order chi connectivity index (χ1) is 9.81. The molecule has 0 aromatic heterocycles. The summed E-state index contributed by atoms with van der Waals surface area (Å²) in [7, 11) is 0. The van der Waals surface area contributed by atoms with Gasteiger partial charge < -0.3 is 4.74 Å². The largest absolute Gasteiger partial charge is 0.446 e. The topological polar surface area (TPSA) is 38.3 Å². The van der Waals surface area contributed by atoms with Crippen LogP contribution in [0, 0.1) is 23.7 Å². The standard InChI is InChI=1S/C17H21NO2/c19-17(18-12-5-2-1-3-6-12)20-16-10-11-9-15(16)14-8-4-7-13(11)14/h1-3,5-6,11,13-16H,4,7-10H2,(H,18,19)/t11-,13-,14+,15+,16-/m0/s1. The van der Waals surface area contributed by atoms with Crippen LogP contribution in [0.15, 0.2) is 30.3 Å². The molecule has 3 nitrogen and oxygen atoms in total. The number of anilines is 1. The van der Waals surface area contributed by atoms with Gasteiger partial charge in [0.15, 0.2) is 0 Å². The van der Waals surface area contributed by atoms with Crippen molar-refractivity contribution in [2.45, 2.75) is 38.2 Å². The molecular formula is C17H21NO2.